The fourth-order valence-corrected chi connectivity index (χ4v) is 2.98. The Hall–Kier alpha value is -3.13. The monoisotopic (exact) mass is 353 g/mol. The zero-order valence-electron chi connectivity index (χ0n) is 14.4. The van der Waals surface area contributed by atoms with Gasteiger partial charge in [-0.25, -0.2) is 14.3 Å². The maximum atomic E-state index is 11.9. The van der Waals surface area contributed by atoms with Gasteiger partial charge in [-0.1, -0.05) is 0 Å². The van der Waals surface area contributed by atoms with Crippen molar-refractivity contribution >= 4 is 23.0 Å². The molecule has 0 saturated carbocycles. The molecule has 3 heterocycles. The van der Waals surface area contributed by atoms with Crippen LogP contribution in [0.5, 0.6) is 0 Å². The van der Waals surface area contributed by atoms with E-state index in [1.165, 1.54) is 7.11 Å². The Morgan fingerprint density at radius 3 is 2.65 bits per heavy atom. The fraction of sp³-hybridized carbons (Fsp3) is 0.278. The normalized spacial score (nSPS) is 14.6. The van der Waals surface area contributed by atoms with Crippen molar-refractivity contribution < 1.29 is 14.3 Å². The molecule has 8 nitrogen and oxygen atoms in total. The van der Waals surface area contributed by atoms with Gasteiger partial charge in [0, 0.05) is 30.5 Å². The molecule has 1 fully saturated rings. The Balaban J connectivity index is 1.87. The van der Waals surface area contributed by atoms with Gasteiger partial charge in [-0.05, 0) is 30.3 Å². The molecule has 0 unspecified atom stereocenters. The third kappa shape index (κ3) is 2.95. The summed E-state index contributed by atoms with van der Waals surface area (Å²) < 4.78 is 11.9. The summed E-state index contributed by atoms with van der Waals surface area (Å²) in [5.74, 6) is 0.925. The number of fused-ring (bicyclic) bond motifs is 1. The van der Waals surface area contributed by atoms with Crippen LogP contribution in [0, 0.1) is 0 Å². The van der Waals surface area contributed by atoms with Gasteiger partial charge in [-0.3, -0.25) is 0 Å². The third-order valence-corrected chi connectivity index (χ3v) is 4.34. The van der Waals surface area contributed by atoms with Crippen LogP contribution in [0.3, 0.4) is 0 Å². The second-order valence-corrected chi connectivity index (χ2v) is 6.03. The first-order valence-corrected chi connectivity index (χ1v) is 8.33. The predicted octanol–water partition coefficient (Wildman–Crippen LogP) is 1.60. The van der Waals surface area contributed by atoms with Crippen LogP contribution < -0.4 is 10.6 Å². The molecule has 8 heteroatoms. The fourth-order valence-electron chi connectivity index (χ4n) is 2.98. The van der Waals surface area contributed by atoms with Crippen molar-refractivity contribution in [2.45, 2.75) is 0 Å². The average molecular weight is 353 g/mol. The highest BCUT2D eigenvalue weighted by Gasteiger charge is 2.20. The number of nitrogens with two attached hydrogens (primary N) is 1. The summed E-state index contributed by atoms with van der Waals surface area (Å²) in [6.07, 6.45) is 1.66. The number of nitrogens with zero attached hydrogens (tertiary/aromatic N) is 4. The third-order valence-electron chi connectivity index (χ3n) is 4.34. The summed E-state index contributed by atoms with van der Waals surface area (Å²) in [6, 6.07) is 9.14. The first-order chi connectivity index (χ1) is 12.7. The highest BCUT2D eigenvalue weighted by molar-refractivity contribution is 5.92. The number of methoxy groups -OCH3 is 1. The summed E-state index contributed by atoms with van der Waals surface area (Å²) in [7, 11) is 1.36. The molecule has 1 aromatic carbocycles. The van der Waals surface area contributed by atoms with E-state index in [0.29, 0.717) is 30.3 Å². The van der Waals surface area contributed by atoms with E-state index < -0.39 is 5.97 Å². The van der Waals surface area contributed by atoms with Gasteiger partial charge in [0.25, 0.3) is 0 Å². The van der Waals surface area contributed by atoms with Crippen LogP contribution in [0.1, 0.15) is 10.4 Å². The molecular formula is C18H19N5O3. The van der Waals surface area contributed by atoms with Gasteiger partial charge in [0.15, 0.2) is 11.6 Å². The minimum absolute atomic E-state index is 0.405. The van der Waals surface area contributed by atoms with Crippen molar-refractivity contribution in [3.05, 3.63) is 42.1 Å². The number of ether oxygens (including phenoxy) is 2. The average Bonchev–Trinajstić information content (AvgIpc) is 3.12. The second-order valence-electron chi connectivity index (χ2n) is 6.03. The maximum Gasteiger partial charge on any atom is 0.339 e. The lowest BCUT2D eigenvalue weighted by Crippen LogP contribution is -2.37. The van der Waals surface area contributed by atoms with Crippen LogP contribution in [0.4, 0.5) is 11.5 Å². The lowest BCUT2D eigenvalue weighted by Gasteiger charge is -2.28. The number of benzene rings is 1. The van der Waals surface area contributed by atoms with Crippen molar-refractivity contribution in [1.82, 2.24) is 14.6 Å². The zero-order chi connectivity index (χ0) is 18.1. The Bertz CT molecular complexity index is 945. The molecule has 0 aliphatic carbocycles. The number of hydrogen-bond acceptors (Lipinski definition) is 7. The van der Waals surface area contributed by atoms with Gasteiger partial charge in [-0.2, -0.15) is 0 Å². The molecule has 26 heavy (non-hydrogen) atoms. The Kier molecular flexibility index (Phi) is 4.18. The number of aromatic nitrogens is 3. The topological polar surface area (TPSA) is 95.0 Å². The highest BCUT2D eigenvalue weighted by Crippen LogP contribution is 2.26. The van der Waals surface area contributed by atoms with E-state index in [1.807, 2.05) is 24.3 Å². The number of anilines is 2. The number of hydrogen-bond donors (Lipinski definition) is 1. The van der Waals surface area contributed by atoms with Crippen molar-refractivity contribution in [1.29, 1.82) is 0 Å². The van der Waals surface area contributed by atoms with E-state index in [-0.39, 0.29) is 0 Å². The van der Waals surface area contributed by atoms with Gasteiger partial charge >= 0.3 is 5.97 Å². The molecule has 3 aromatic rings. The quantitative estimate of drug-likeness (QED) is 0.564. The standard InChI is InChI=1S/C18H19N5O3/c1-25-18(24)13-10-15-17(22-6-8-26-9-7-22)20-16(21-23(15)11-13)12-2-4-14(19)5-3-12/h2-5,10-11H,6-9,19H2,1H3. The smallest absolute Gasteiger partial charge is 0.339 e. The Labute approximate surface area is 150 Å². The van der Waals surface area contributed by atoms with Gasteiger partial charge in [0.2, 0.25) is 0 Å². The molecule has 0 spiro atoms. The van der Waals surface area contributed by atoms with Gasteiger partial charge in [0.05, 0.1) is 25.9 Å². The van der Waals surface area contributed by atoms with E-state index in [4.69, 9.17) is 20.2 Å². The largest absolute Gasteiger partial charge is 0.465 e. The molecule has 0 bridgehead atoms. The van der Waals surface area contributed by atoms with Crippen LogP contribution in [0.15, 0.2) is 36.5 Å². The number of carbonyl (C=O) groups is 1. The van der Waals surface area contributed by atoms with Crippen molar-refractivity contribution in [3.63, 3.8) is 0 Å². The SMILES string of the molecule is COC(=O)c1cc2c(N3CCOCC3)nc(-c3ccc(N)cc3)nn2c1. The first kappa shape index (κ1) is 16.3. The van der Waals surface area contributed by atoms with Crippen LogP contribution in [0.25, 0.3) is 16.9 Å². The highest BCUT2D eigenvalue weighted by atomic mass is 16.5. The number of morpholine rings is 1. The zero-order valence-corrected chi connectivity index (χ0v) is 14.4. The summed E-state index contributed by atoms with van der Waals surface area (Å²) in [5.41, 5.74) is 8.50. The lowest BCUT2D eigenvalue weighted by atomic mass is 10.2. The van der Waals surface area contributed by atoms with Gasteiger partial charge in [-0.15, -0.1) is 5.10 Å². The van der Waals surface area contributed by atoms with E-state index in [1.54, 1.807) is 16.8 Å². The van der Waals surface area contributed by atoms with Crippen molar-refractivity contribution in [2.75, 3.05) is 44.0 Å². The van der Waals surface area contributed by atoms with E-state index in [0.717, 1.165) is 30.0 Å². The minimum atomic E-state index is -0.405. The first-order valence-electron chi connectivity index (χ1n) is 8.33. The predicted molar refractivity (Wildman–Crippen MR) is 97.2 cm³/mol. The Morgan fingerprint density at radius 1 is 1.23 bits per heavy atom. The number of carbonyl (C=O) groups excluding carboxylic acids is 1. The van der Waals surface area contributed by atoms with Crippen LogP contribution in [-0.4, -0.2) is 54.0 Å². The van der Waals surface area contributed by atoms with Gasteiger partial charge < -0.3 is 20.1 Å². The van der Waals surface area contributed by atoms with Crippen molar-refractivity contribution in [2.24, 2.45) is 0 Å². The van der Waals surface area contributed by atoms with Crippen LogP contribution in [-0.2, 0) is 9.47 Å². The maximum absolute atomic E-state index is 11.9. The lowest BCUT2D eigenvalue weighted by molar-refractivity contribution is 0.0601. The molecule has 1 aliphatic heterocycles. The summed E-state index contributed by atoms with van der Waals surface area (Å²) >= 11 is 0. The molecule has 134 valence electrons. The molecule has 0 amide bonds. The molecule has 4 rings (SSSR count). The van der Waals surface area contributed by atoms with E-state index >= 15 is 0 Å². The number of esters is 1. The number of nitrogen functional groups attached to an aromatic ring is 1. The van der Waals surface area contributed by atoms with Crippen LogP contribution >= 0.6 is 0 Å². The second kappa shape index (κ2) is 6.64. The van der Waals surface area contributed by atoms with E-state index in [9.17, 15) is 4.79 Å². The van der Waals surface area contributed by atoms with Crippen molar-refractivity contribution in [3.8, 4) is 11.4 Å². The molecule has 1 saturated heterocycles. The van der Waals surface area contributed by atoms with E-state index in [2.05, 4.69) is 10.00 Å². The molecular weight excluding hydrogens is 334 g/mol. The minimum Gasteiger partial charge on any atom is -0.465 e. The Morgan fingerprint density at radius 2 is 1.96 bits per heavy atom. The summed E-state index contributed by atoms with van der Waals surface area (Å²) in [4.78, 5) is 18.8. The molecule has 1 aliphatic rings. The molecule has 0 radical (unpaired) electrons. The van der Waals surface area contributed by atoms with Crippen LogP contribution in [0.2, 0.25) is 0 Å². The number of rotatable bonds is 3. The molecule has 0 atom stereocenters. The molecule has 2 N–H and O–H groups in total. The summed E-state index contributed by atoms with van der Waals surface area (Å²) in [6.45, 7) is 2.73. The van der Waals surface area contributed by atoms with Gasteiger partial charge in [0.1, 0.15) is 5.52 Å². The molecule has 2 aromatic heterocycles. The summed E-state index contributed by atoms with van der Waals surface area (Å²) in [5, 5.41) is 4.57.